The third kappa shape index (κ3) is 2.58. The molecule has 1 heterocycles. The molecule has 0 spiro atoms. The van der Waals surface area contributed by atoms with Gasteiger partial charge >= 0.3 is 0 Å². The van der Waals surface area contributed by atoms with Crippen molar-refractivity contribution in [1.29, 1.82) is 0 Å². The summed E-state index contributed by atoms with van der Waals surface area (Å²) >= 11 is 0. The van der Waals surface area contributed by atoms with Crippen molar-refractivity contribution < 1.29 is 9.53 Å². The second-order valence-electron chi connectivity index (χ2n) is 4.18. The molecule has 0 bridgehead atoms. The molecule has 4 nitrogen and oxygen atoms in total. The zero-order chi connectivity index (χ0) is 10.7. The zero-order valence-electron chi connectivity index (χ0n) is 8.95. The van der Waals surface area contributed by atoms with Crippen LogP contribution in [0, 0.1) is 0 Å². The summed E-state index contributed by atoms with van der Waals surface area (Å²) in [6.45, 7) is 7.21. The van der Waals surface area contributed by atoms with Gasteiger partial charge in [-0.15, -0.1) is 0 Å². The van der Waals surface area contributed by atoms with Crippen molar-refractivity contribution in [2.24, 2.45) is 0 Å². The number of nitrogens with zero attached hydrogens (tertiary/aromatic N) is 1. The maximum absolute atomic E-state index is 11.0. The number of ether oxygens (including phenoxy) is 1. The van der Waals surface area contributed by atoms with E-state index in [1.54, 1.807) is 0 Å². The molecule has 0 aromatic rings. The maximum atomic E-state index is 11.0. The Morgan fingerprint density at radius 3 is 2.67 bits per heavy atom. The summed E-state index contributed by atoms with van der Waals surface area (Å²) in [6, 6.07) is 0.993. The van der Waals surface area contributed by atoms with Crippen molar-refractivity contribution in [2.75, 3.05) is 26.3 Å². The third-order valence-electron chi connectivity index (χ3n) is 3.21. The highest BCUT2D eigenvalue weighted by Crippen LogP contribution is 2.26. The summed E-state index contributed by atoms with van der Waals surface area (Å²) in [4.78, 5) is 13.5. The van der Waals surface area contributed by atoms with E-state index >= 15 is 0 Å². The van der Waals surface area contributed by atoms with Gasteiger partial charge in [-0.25, -0.2) is 0 Å². The minimum atomic E-state index is -0.0552. The fourth-order valence-electron chi connectivity index (χ4n) is 2.21. The normalized spacial score (nSPS) is 31.7. The third-order valence-corrected chi connectivity index (χ3v) is 3.21. The molecule has 2 rings (SSSR count). The fourth-order valence-corrected chi connectivity index (χ4v) is 2.21. The first-order chi connectivity index (χ1) is 7.29. The molecule has 1 aliphatic heterocycles. The van der Waals surface area contributed by atoms with Crippen LogP contribution in [0.4, 0.5) is 0 Å². The van der Waals surface area contributed by atoms with Crippen LogP contribution in [0.5, 0.6) is 0 Å². The van der Waals surface area contributed by atoms with E-state index in [1.165, 1.54) is 6.08 Å². The highest BCUT2D eigenvalue weighted by molar-refractivity contribution is 5.87. The van der Waals surface area contributed by atoms with Gasteiger partial charge < -0.3 is 10.1 Å². The van der Waals surface area contributed by atoms with Gasteiger partial charge in [0.2, 0.25) is 5.91 Å². The van der Waals surface area contributed by atoms with Crippen LogP contribution in [0.25, 0.3) is 0 Å². The van der Waals surface area contributed by atoms with Crippen molar-refractivity contribution in [3.8, 4) is 0 Å². The van der Waals surface area contributed by atoms with Crippen molar-refractivity contribution >= 4 is 5.91 Å². The quantitative estimate of drug-likeness (QED) is 0.674. The predicted molar refractivity (Wildman–Crippen MR) is 57.5 cm³/mol. The van der Waals surface area contributed by atoms with Crippen LogP contribution in [0.1, 0.15) is 12.8 Å². The van der Waals surface area contributed by atoms with E-state index in [2.05, 4.69) is 16.8 Å². The summed E-state index contributed by atoms with van der Waals surface area (Å²) in [5.74, 6) is -0.0552. The highest BCUT2D eigenvalue weighted by atomic mass is 16.5. The lowest BCUT2D eigenvalue weighted by atomic mass is 9.85. The molecule has 15 heavy (non-hydrogen) atoms. The van der Waals surface area contributed by atoms with Crippen molar-refractivity contribution in [3.05, 3.63) is 12.7 Å². The molecule has 1 amide bonds. The van der Waals surface area contributed by atoms with Crippen LogP contribution >= 0.6 is 0 Å². The molecular formula is C11H18N2O2. The number of amides is 1. The van der Waals surface area contributed by atoms with E-state index in [0.717, 1.165) is 39.1 Å². The fraction of sp³-hybridized carbons (Fsp3) is 0.727. The summed E-state index contributed by atoms with van der Waals surface area (Å²) in [5.41, 5.74) is 0. The minimum absolute atomic E-state index is 0.0552. The van der Waals surface area contributed by atoms with E-state index in [1.807, 2.05) is 0 Å². The lowest BCUT2D eigenvalue weighted by molar-refractivity contribution is -0.118. The number of hydrogen-bond acceptors (Lipinski definition) is 3. The molecule has 0 atom stereocenters. The number of carbonyl (C=O) groups is 1. The Balaban J connectivity index is 1.68. The maximum Gasteiger partial charge on any atom is 0.243 e. The molecule has 0 aromatic carbocycles. The lowest BCUT2D eigenvalue weighted by Gasteiger charge is -2.44. The Bertz CT molecular complexity index is 243. The Kier molecular flexibility index (Phi) is 3.38. The molecule has 2 aliphatic rings. The molecular weight excluding hydrogens is 192 g/mol. The summed E-state index contributed by atoms with van der Waals surface area (Å²) < 4.78 is 5.30. The first kappa shape index (κ1) is 10.6. The molecule has 84 valence electrons. The average molecular weight is 210 g/mol. The summed E-state index contributed by atoms with van der Waals surface area (Å²) in [5, 5.41) is 2.92. The molecule has 1 N–H and O–H groups in total. The van der Waals surface area contributed by atoms with E-state index in [9.17, 15) is 4.79 Å². The Hall–Kier alpha value is -0.870. The molecule has 1 saturated heterocycles. The van der Waals surface area contributed by atoms with Crippen LogP contribution in [0.2, 0.25) is 0 Å². The Labute approximate surface area is 90.3 Å². The number of morpholine rings is 1. The number of nitrogens with one attached hydrogen (secondary N) is 1. The van der Waals surface area contributed by atoms with Gasteiger partial charge in [0.25, 0.3) is 0 Å². The largest absolute Gasteiger partial charge is 0.379 e. The van der Waals surface area contributed by atoms with Gasteiger partial charge in [0.05, 0.1) is 13.2 Å². The second kappa shape index (κ2) is 4.77. The van der Waals surface area contributed by atoms with Gasteiger partial charge in [-0.1, -0.05) is 6.58 Å². The van der Waals surface area contributed by atoms with Crippen LogP contribution in [0.15, 0.2) is 12.7 Å². The van der Waals surface area contributed by atoms with Crippen molar-refractivity contribution in [3.63, 3.8) is 0 Å². The predicted octanol–water partition coefficient (Wildman–Crippen LogP) is 0.152. The van der Waals surface area contributed by atoms with Crippen LogP contribution < -0.4 is 5.32 Å². The Morgan fingerprint density at radius 2 is 2.07 bits per heavy atom. The van der Waals surface area contributed by atoms with Gasteiger partial charge in [-0.05, 0) is 18.9 Å². The molecule has 2 fully saturated rings. The number of hydrogen-bond donors (Lipinski definition) is 1. The first-order valence-corrected chi connectivity index (χ1v) is 5.54. The molecule has 1 saturated carbocycles. The molecule has 0 radical (unpaired) electrons. The van der Waals surface area contributed by atoms with Gasteiger partial charge in [-0.3, -0.25) is 9.69 Å². The van der Waals surface area contributed by atoms with Gasteiger partial charge in [-0.2, -0.15) is 0 Å². The van der Waals surface area contributed by atoms with Gasteiger partial charge in [0.1, 0.15) is 0 Å². The van der Waals surface area contributed by atoms with Crippen LogP contribution in [0.3, 0.4) is 0 Å². The SMILES string of the molecule is C=CC(=O)NC1CC(N2CCOCC2)C1. The number of rotatable bonds is 3. The van der Waals surface area contributed by atoms with E-state index in [0.29, 0.717) is 12.1 Å². The molecule has 4 heteroatoms. The molecule has 1 aliphatic carbocycles. The standard InChI is InChI=1S/C11H18N2O2/c1-2-11(14)12-9-7-10(8-9)13-3-5-15-6-4-13/h2,9-10H,1,3-8H2,(H,12,14). The zero-order valence-corrected chi connectivity index (χ0v) is 8.95. The first-order valence-electron chi connectivity index (χ1n) is 5.54. The van der Waals surface area contributed by atoms with Crippen molar-refractivity contribution in [2.45, 2.75) is 24.9 Å². The van der Waals surface area contributed by atoms with E-state index in [4.69, 9.17) is 4.74 Å². The Morgan fingerprint density at radius 1 is 1.40 bits per heavy atom. The smallest absolute Gasteiger partial charge is 0.243 e. The molecule has 0 aromatic heterocycles. The van der Waals surface area contributed by atoms with Gasteiger partial charge in [0.15, 0.2) is 0 Å². The van der Waals surface area contributed by atoms with E-state index < -0.39 is 0 Å². The average Bonchev–Trinajstić information content (AvgIpc) is 2.23. The van der Waals surface area contributed by atoms with Gasteiger partial charge in [0, 0.05) is 25.2 Å². The van der Waals surface area contributed by atoms with E-state index in [-0.39, 0.29) is 5.91 Å². The monoisotopic (exact) mass is 210 g/mol. The summed E-state index contributed by atoms with van der Waals surface area (Å²) in [7, 11) is 0. The summed E-state index contributed by atoms with van der Waals surface area (Å²) in [6.07, 6.45) is 3.47. The topological polar surface area (TPSA) is 41.6 Å². The highest BCUT2D eigenvalue weighted by Gasteiger charge is 2.34. The lowest BCUT2D eigenvalue weighted by Crippen LogP contribution is -2.56. The minimum Gasteiger partial charge on any atom is -0.379 e. The van der Waals surface area contributed by atoms with Crippen LogP contribution in [-0.2, 0) is 9.53 Å². The van der Waals surface area contributed by atoms with Crippen molar-refractivity contribution in [1.82, 2.24) is 10.2 Å². The number of carbonyl (C=O) groups excluding carboxylic acids is 1. The second-order valence-corrected chi connectivity index (χ2v) is 4.18. The van der Waals surface area contributed by atoms with Crippen LogP contribution in [-0.4, -0.2) is 49.2 Å². The molecule has 0 unspecified atom stereocenters.